The van der Waals surface area contributed by atoms with E-state index in [0.29, 0.717) is 51.3 Å². The molecule has 0 saturated heterocycles. The van der Waals surface area contributed by atoms with Crippen molar-refractivity contribution in [2.24, 2.45) is 11.8 Å². The van der Waals surface area contributed by atoms with Crippen LogP contribution in [0.5, 0.6) is 0 Å². The summed E-state index contributed by atoms with van der Waals surface area (Å²) in [7, 11) is 0. The number of ketones is 7. The summed E-state index contributed by atoms with van der Waals surface area (Å²) < 4.78 is 27.7. The van der Waals surface area contributed by atoms with Crippen molar-refractivity contribution in [3.8, 4) is 11.1 Å². The van der Waals surface area contributed by atoms with Crippen LogP contribution in [0.1, 0.15) is 316 Å². The number of hydrogen-bond acceptors (Lipinski definition) is 34. The SMILES string of the molecule is CCOC(=O)C(=O)c1ccc(-c2ccccc2)cc1[N+](=O)[O-].CCOC(=O)C(=O)c1ccc(C(C)(C)C)c([N+](=O)[O-])c1.CCOC(=O)C(=O)c1ccc(C(C)C)c([N+](=O)[O-])c1.CCOC(=O)C(=O)c1ccc(C2CCCCC2C)c([N+](=O)[O-])c1.CCOC(=O)C(=O)c1ccc(C2CCCCCC2)c([N+](=O)[O-])c1.CCOC(=O)C(=O)c1ccc(CC(C)C)c([N+](=O)[O-])c1.O=C(O)C(=O)c1ccc(C2CCCC2)c([N+](=O)[O-])c1. The molecule has 778 valence electrons. The van der Waals surface area contributed by atoms with Gasteiger partial charge in [0.15, 0.2) is 0 Å². The molecule has 11 rings (SSSR count). The molecule has 1 N–H and O–H groups in total. The minimum absolute atomic E-state index is 0.00219. The molecule has 0 radical (unpaired) electrons. The Morgan fingerprint density at radius 1 is 0.329 bits per heavy atom. The van der Waals surface area contributed by atoms with Crippen molar-refractivity contribution in [3.63, 3.8) is 0 Å². The summed E-state index contributed by atoms with van der Waals surface area (Å²) in [6, 6.07) is 37.9. The van der Waals surface area contributed by atoms with Crippen LogP contribution in [-0.4, -0.2) is 161 Å². The quantitative estimate of drug-likeness (QED) is 0.00744. The van der Waals surface area contributed by atoms with Crippen molar-refractivity contribution in [3.05, 3.63) is 301 Å². The van der Waals surface area contributed by atoms with Gasteiger partial charge < -0.3 is 33.5 Å². The third-order valence-corrected chi connectivity index (χ3v) is 23.1. The van der Waals surface area contributed by atoms with Gasteiger partial charge in [0, 0.05) is 109 Å². The van der Waals surface area contributed by atoms with Crippen molar-refractivity contribution in [1.82, 2.24) is 0 Å². The van der Waals surface area contributed by atoms with Crippen LogP contribution in [0.4, 0.5) is 39.8 Å². The molecule has 42 nitrogen and oxygen atoms in total. The molecule has 3 aliphatic carbocycles. The highest BCUT2D eigenvalue weighted by molar-refractivity contribution is 6.44. The molecular formula is C104H117N7O35. The number of nitro benzene ring substituents is 7. The van der Waals surface area contributed by atoms with Crippen LogP contribution in [0.25, 0.3) is 11.1 Å². The van der Waals surface area contributed by atoms with E-state index >= 15 is 0 Å². The van der Waals surface area contributed by atoms with Gasteiger partial charge in [0.25, 0.3) is 80.3 Å². The Hall–Kier alpha value is -16.5. The summed E-state index contributed by atoms with van der Waals surface area (Å²) in [6.45, 7) is 25.1. The second-order valence-corrected chi connectivity index (χ2v) is 35.0. The van der Waals surface area contributed by atoms with Crippen molar-refractivity contribution in [2.45, 2.75) is 222 Å². The number of nitro groups is 7. The number of hydrogen-bond donors (Lipinski definition) is 1. The number of carbonyl (C=O) groups is 14. The Morgan fingerprint density at radius 3 is 1.00 bits per heavy atom. The Balaban J connectivity index is 0.000000300. The lowest BCUT2D eigenvalue weighted by Gasteiger charge is -2.28. The van der Waals surface area contributed by atoms with Crippen molar-refractivity contribution in [1.29, 1.82) is 0 Å². The van der Waals surface area contributed by atoms with Crippen LogP contribution in [-0.2, 0) is 73.8 Å². The average Bonchev–Trinajstić information content (AvgIpc) is 1.18. The third-order valence-electron chi connectivity index (χ3n) is 23.1. The lowest BCUT2D eigenvalue weighted by Crippen LogP contribution is -2.19. The zero-order chi connectivity index (χ0) is 109. The predicted molar refractivity (Wildman–Crippen MR) is 528 cm³/mol. The molecule has 8 aromatic carbocycles. The molecule has 0 aromatic heterocycles. The molecule has 2 unspecified atom stereocenters. The summed E-state index contributed by atoms with van der Waals surface area (Å²) >= 11 is 0. The Bertz CT molecular complexity index is 6180. The van der Waals surface area contributed by atoms with Gasteiger partial charge in [0.1, 0.15) is 5.56 Å². The van der Waals surface area contributed by atoms with Gasteiger partial charge in [-0.25, -0.2) is 33.6 Å². The molecule has 3 fully saturated rings. The first kappa shape index (κ1) is 120. The van der Waals surface area contributed by atoms with Crippen molar-refractivity contribution >= 4 is 122 Å². The van der Waals surface area contributed by atoms with Gasteiger partial charge in [0.2, 0.25) is 0 Å². The lowest BCUT2D eigenvalue weighted by molar-refractivity contribution is -0.386. The van der Waals surface area contributed by atoms with Gasteiger partial charge in [-0.2, -0.15) is 0 Å². The molecule has 8 aromatic rings. The Morgan fingerprint density at radius 2 is 0.644 bits per heavy atom. The van der Waals surface area contributed by atoms with Crippen molar-refractivity contribution < 1.29 is 135 Å². The number of aliphatic carboxylic acids is 1. The van der Waals surface area contributed by atoms with Crippen LogP contribution in [0.2, 0.25) is 0 Å². The van der Waals surface area contributed by atoms with E-state index in [2.05, 4.69) is 35.3 Å². The first-order chi connectivity index (χ1) is 69.0. The minimum atomic E-state index is -1.61. The van der Waals surface area contributed by atoms with E-state index in [9.17, 15) is 138 Å². The van der Waals surface area contributed by atoms with Crippen LogP contribution in [0.3, 0.4) is 0 Å². The summed E-state index contributed by atoms with van der Waals surface area (Å²) in [4.78, 5) is 236. The second-order valence-electron chi connectivity index (χ2n) is 35.0. The Labute approximate surface area is 839 Å². The molecule has 0 spiro atoms. The van der Waals surface area contributed by atoms with Gasteiger partial charge >= 0.3 is 41.8 Å². The monoisotopic (exact) mass is 2020 g/mol. The molecule has 3 saturated carbocycles. The molecule has 2 atom stereocenters. The highest BCUT2D eigenvalue weighted by Gasteiger charge is 2.36. The highest BCUT2D eigenvalue weighted by atomic mass is 16.7. The maximum atomic E-state index is 12.0. The Kier molecular flexibility index (Phi) is 47.8. The summed E-state index contributed by atoms with van der Waals surface area (Å²) in [5, 5.41) is 86.8. The van der Waals surface area contributed by atoms with E-state index in [1.165, 1.54) is 84.9 Å². The number of Topliss-reactive ketones (excluding diaryl/α,β-unsaturated/α-hetero) is 7. The molecule has 146 heavy (non-hydrogen) atoms. The van der Waals surface area contributed by atoms with Gasteiger partial charge in [-0.05, 0) is 175 Å². The van der Waals surface area contributed by atoms with Crippen molar-refractivity contribution in [2.75, 3.05) is 39.6 Å². The van der Waals surface area contributed by atoms with Crippen LogP contribution in [0.15, 0.2) is 158 Å². The van der Waals surface area contributed by atoms with E-state index in [-0.39, 0.29) is 142 Å². The lowest BCUT2D eigenvalue weighted by atomic mass is 9.76. The molecule has 3 aliphatic rings. The van der Waals surface area contributed by atoms with Gasteiger partial charge in [-0.15, -0.1) is 0 Å². The van der Waals surface area contributed by atoms with Gasteiger partial charge in [-0.1, -0.05) is 186 Å². The minimum Gasteiger partial charge on any atom is -0.475 e. The zero-order valence-electron chi connectivity index (χ0n) is 83.3. The first-order valence-electron chi connectivity index (χ1n) is 47.1. The first-order valence-corrected chi connectivity index (χ1v) is 47.1. The molecule has 0 bridgehead atoms. The highest BCUT2D eigenvalue weighted by Crippen LogP contribution is 2.44. The number of nitrogens with zero attached hydrogens (tertiary/aromatic N) is 7. The smallest absolute Gasteiger partial charge is 0.379 e. The van der Waals surface area contributed by atoms with Crippen LogP contribution in [0, 0.1) is 82.6 Å². The third kappa shape index (κ3) is 35.0. The standard InChI is InChI=1S/2C17H21NO5.C16H13NO5.2C14H17NO5.C13H13NO5.C13H15NO5/c1-3-23-17(20)16(19)12-8-9-14(15(10-12)18(21)22)13-7-5-4-6-11(13)2;1-2-23-17(20)16(19)13-9-10-14(15(11-13)18(21)22)12-7-5-3-4-6-8-12;1-2-22-16(19)15(18)13-9-8-12(10-14(13)17(20)21)11-6-4-3-5-7-11;1-5-20-13(17)12(16)9-6-7-10(14(2,3)4)11(8-9)15(18)19;1-4-20-14(17)13(16)11-6-5-10(7-9(2)3)12(8-11)15(18)19;15-12(13(16)17)9-5-6-10(8-3-1-2-4-8)11(7-9)14(18)19;1-4-19-13(16)12(15)9-5-6-10(8(2)3)11(7-9)14(17)18/h8-11,13H,3-7H2,1-2H3;9-12H,2-8H2,1H3;3-10H,2H2,1H3;6-8H,5H2,1-4H3;5-6,8-9H,4,7H2,1-3H3;5-8H,1-4H2,(H,16,17);5-8H,4H2,1-3H3. The number of ether oxygens (including phenoxy) is 6. The number of esters is 6. The summed E-state index contributed by atoms with van der Waals surface area (Å²) in [6.07, 6.45) is 14.8. The van der Waals surface area contributed by atoms with E-state index < -0.39 is 128 Å². The van der Waals surface area contributed by atoms with E-state index in [4.69, 9.17) is 5.11 Å². The predicted octanol–water partition coefficient (Wildman–Crippen LogP) is 20.6. The average molecular weight is 2030 g/mol. The zero-order valence-corrected chi connectivity index (χ0v) is 83.3. The fraction of sp³-hybridized carbons (Fsp3) is 0.404. The molecular weight excluding hydrogens is 1910 g/mol. The normalized spacial score (nSPS) is 13.5. The number of carboxylic acid groups (broad SMARTS) is 1. The van der Waals surface area contributed by atoms with Crippen LogP contribution < -0.4 is 0 Å². The van der Waals surface area contributed by atoms with E-state index in [1.807, 2.05) is 54.5 Å². The molecule has 0 heterocycles. The van der Waals surface area contributed by atoms with Gasteiger partial charge in [-0.3, -0.25) is 104 Å². The fourth-order valence-electron chi connectivity index (χ4n) is 16.1. The number of benzene rings is 8. The molecule has 42 heteroatoms. The topological polar surface area (TPSA) is 617 Å². The number of rotatable bonds is 34. The van der Waals surface area contributed by atoms with Crippen LogP contribution >= 0.6 is 0 Å². The van der Waals surface area contributed by atoms with Gasteiger partial charge in [0.05, 0.1) is 74.1 Å². The molecule has 0 amide bonds. The number of carboxylic acids is 1. The fourth-order valence-corrected chi connectivity index (χ4v) is 16.1. The van der Waals surface area contributed by atoms with E-state index in [0.717, 1.165) is 120 Å². The maximum absolute atomic E-state index is 12.0. The second kappa shape index (κ2) is 58.2. The molecule has 0 aliphatic heterocycles. The summed E-state index contributed by atoms with van der Waals surface area (Å²) in [5.41, 5.74) is 2.69. The van der Waals surface area contributed by atoms with E-state index in [1.54, 1.807) is 84.0 Å². The summed E-state index contributed by atoms with van der Waals surface area (Å²) in [5.74, 6) is -13.2. The number of carbonyl (C=O) groups excluding carboxylic acids is 13. The largest absolute Gasteiger partial charge is 0.475 e. The maximum Gasteiger partial charge on any atom is 0.379 e.